The molecule has 0 atom stereocenters. The summed E-state index contributed by atoms with van der Waals surface area (Å²) in [5.41, 5.74) is 2.43. The van der Waals surface area contributed by atoms with Crippen LogP contribution >= 0.6 is 7.14 Å². The van der Waals surface area contributed by atoms with Crippen LogP contribution in [0.4, 0.5) is 0 Å². The third kappa shape index (κ3) is 3.52. The second-order valence-electron chi connectivity index (χ2n) is 6.47. The van der Waals surface area contributed by atoms with Crippen molar-refractivity contribution in [1.29, 1.82) is 0 Å². The van der Waals surface area contributed by atoms with Gasteiger partial charge in [-0.3, -0.25) is 0 Å². The number of benzene rings is 3. The lowest BCUT2D eigenvalue weighted by atomic mass is 10.0. The fourth-order valence-corrected chi connectivity index (χ4v) is 5.63. The molecule has 3 aromatic rings. The Kier molecular flexibility index (Phi) is 5.02. The third-order valence-corrected chi connectivity index (χ3v) is 7.47. The molecule has 0 N–H and O–H groups in total. The first-order chi connectivity index (χ1) is 11.6. The first-order valence-corrected chi connectivity index (χ1v) is 10.3. The smallest absolute Gasteiger partial charge is 0.147 e. The van der Waals surface area contributed by atoms with E-state index in [4.69, 9.17) is 0 Å². The standard InChI is InChI=1S/C22H23OP/c1-18(2)20-15-13-19(14-16-20)17-24(23,21-9-5-3-6-10-21)22-11-7-4-8-12-22/h3-16,18H,17H2,1-2H3. The first-order valence-electron chi connectivity index (χ1n) is 8.39. The maximum atomic E-state index is 14.0. The van der Waals surface area contributed by atoms with Crippen LogP contribution in [-0.4, -0.2) is 0 Å². The van der Waals surface area contributed by atoms with E-state index in [1.807, 2.05) is 60.7 Å². The maximum Gasteiger partial charge on any atom is 0.147 e. The van der Waals surface area contributed by atoms with Gasteiger partial charge >= 0.3 is 0 Å². The van der Waals surface area contributed by atoms with Crippen molar-refractivity contribution in [2.45, 2.75) is 25.9 Å². The molecule has 0 heterocycles. The van der Waals surface area contributed by atoms with Gasteiger partial charge in [0.15, 0.2) is 0 Å². The minimum atomic E-state index is -2.68. The molecular weight excluding hydrogens is 311 g/mol. The van der Waals surface area contributed by atoms with Gasteiger partial charge in [-0.2, -0.15) is 0 Å². The third-order valence-electron chi connectivity index (χ3n) is 4.40. The molecule has 1 nitrogen and oxygen atoms in total. The van der Waals surface area contributed by atoms with Crippen molar-refractivity contribution in [3.63, 3.8) is 0 Å². The van der Waals surface area contributed by atoms with E-state index in [0.717, 1.165) is 16.2 Å². The Morgan fingerprint density at radius 3 is 1.58 bits per heavy atom. The highest BCUT2D eigenvalue weighted by Gasteiger charge is 2.27. The molecule has 0 bridgehead atoms. The zero-order chi connectivity index (χ0) is 17.0. The van der Waals surface area contributed by atoms with Gasteiger partial charge in [-0.25, -0.2) is 0 Å². The number of hydrogen-bond donors (Lipinski definition) is 0. The van der Waals surface area contributed by atoms with E-state index in [-0.39, 0.29) is 0 Å². The molecule has 0 aromatic heterocycles. The quantitative estimate of drug-likeness (QED) is 0.577. The van der Waals surface area contributed by atoms with Gasteiger partial charge in [-0.05, 0) is 17.0 Å². The lowest BCUT2D eigenvalue weighted by molar-refractivity contribution is 0.586. The van der Waals surface area contributed by atoms with Crippen LogP contribution in [0.1, 0.15) is 30.9 Å². The van der Waals surface area contributed by atoms with Crippen LogP contribution in [0.5, 0.6) is 0 Å². The minimum Gasteiger partial charge on any atom is -0.313 e. The SMILES string of the molecule is CC(C)c1ccc(CP(=O)(c2ccccc2)c2ccccc2)cc1. The van der Waals surface area contributed by atoms with Crippen LogP contribution in [0.15, 0.2) is 84.9 Å². The average Bonchev–Trinajstić information content (AvgIpc) is 2.63. The molecule has 0 aliphatic carbocycles. The Balaban J connectivity index is 2.01. The van der Waals surface area contributed by atoms with Crippen molar-refractivity contribution in [2.75, 3.05) is 0 Å². The number of rotatable bonds is 5. The van der Waals surface area contributed by atoms with Crippen LogP contribution in [0.25, 0.3) is 0 Å². The average molecular weight is 334 g/mol. The van der Waals surface area contributed by atoms with E-state index >= 15 is 0 Å². The summed E-state index contributed by atoms with van der Waals surface area (Å²) in [4.78, 5) is 0. The fraction of sp³-hybridized carbons (Fsp3) is 0.182. The molecule has 0 aliphatic heterocycles. The largest absolute Gasteiger partial charge is 0.313 e. The van der Waals surface area contributed by atoms with Gasteiger partial charge in [0, 0.05) is 16.8 Å². The molecule has 0 spiro atoms. The molecule has 0 fully saturated rings. The Morgan fingerprint density at radius 1 is 0.708 bits per heavy atom. The summed E-state index contributed by atoms with van der Waals surface area (Å²) in [6.45, 7) is 4.38. The summed E-state index contributed by atoms with van der Waals surface area (Å²) < 4.78 is 14.0. The lowest BCUT2D eigenvalue weighted by Crippen LogP contribution is -2.17. The highest BCUT2D eigenvalue weighted by Crippen LogP contribution is 2.46. The Bertz CT molecular complexity index is 777. The van der Waals surface area contributed by atoms with Crippen LogP contribution < -0.4 is 10.6 Å². The summed E-state index contributed by atoms with van der Waals surface area (Å²) >= 11 is 0. The maximum absolute atomic E-state index is 14.0. The number of hydrogen-bond acceptors (Lipinski definition) is 1. The molecule has 0 saturated heterocycles. The molecule has 3 rings (SSSR count). The summed E-state index contributed by atoms with van der Waals surface area (Å²) in [6, 6.07) is 28.3. The molecule has 0 amide bonds. The monoisotopic (exact) mass is 334 g/mol. The minimum absolute atomic E-state index is 0.508. The van der Waals surface area contributed by atoms with E-state index in [0.29, 0.717) is 12.1 Å². The summed E-state index contributed by atoms with van der Waals surface area (Å²) in [6.07, 6.45) is 0.555. The van der Waals surface area contributed by atoms with Crippen LogP contribution in [0.3, 0.4) is 0 Å². The summed E-state index contributed by atoms with van der Waals surface area (Å²) in [5, 5.41) is 1.84. The van der Waals surface area contributed by atoms with Crippen molar-refractivity contribution in [3.8, 4) is 0 Å². The normalized spacial score (nSPS) is 11.6. The molecule has 0 saturated carbocycles. The highest BCUT2D eigenvalue weighted by atomic mass is 31.2. The summed E-state index contributed by atoms with van der Waals surface area (Å²) in [5.74, 6) is 0.508. The van der Waals surface area contributed by atoms with Gasteiger partial charge in [-0.15, -0.1) is 0 Å². The zero-order valence-electron chi connectivity index (χ0n) is 14.2. The molecule has 0 aliphatic rings. The van der Waals surface area contributed by atoms with E-state index < -0.39 is 7.14 Å². The molecule has 3 aromatic carbocycles. The predicted molar refractivity (Wildman–Crippen MR) is 104 cm³/mol. The van der Waals surface area contributed by atoms with Crippen molar-refractivity contribution in [3.05, 3.63) is 96.1 Å². The molecule has 0 unspecified atom stereocenters. The van der Waals surface area contributed by atoms with Crippen molar-refractivity contribution < 1.29 is 4.57 Å². The van der Waals surface area contributed by atoms with E-state index in [1.165, 1.54) is 5.56 Å². The molecule has 24 heavy (non-hydrogen) atoms. The highest BCUT2D eigenvalue weighted by molar-refractivity contribution is 7.78. The van der Waals surface area contributed by atoms with Crippen molar-refractivity contribution in [1.82, 2.24) is 0 Å². The molecular formula is C22H23OP. The van der Waals surface area contributed by atoms with Crippen LogP contribution in [0.2, 0.25) is 0 Å². The van der Waals surface area contributed by atoms with Crippen molar-refractivity contribution in [2.24, 2.45) is 0 Å². The Morgan fingerprint density at radius 2 is 1.17 bits per heavy atom. The van der Waals surface area contributed by atoms with Gasteiger partial charge < -0.3 is 4.57 Å². The van der Waals surface area contributed by atoms with E-state index in [2.05, 4.69) is 38.1 Å². The van der Waals surface area contributed by atoms with E-state index in [1.54, 1.807) is 0 Å². The van der Waals surface area contributed by atoms with Gasteiger partial charge in [0.2, 0.25) is 0 Å². The second-order valence-corrected chi connectivity index (χ2v) is 9.29. The second kappa shape index (κ2) is 7.20. The first kappa shape index (κ1) is 16.7. The molecule has 0 radical (unpaired) electrons. The molecule has 122 valence electrons. The van der Waals surface area contributed by atoms with Crippen LogP contribution in [0, 0.1) is 0 Å². The van der Waals surface area contributed by atoms with Crippen LogP contribution in [-0.2, 0) is 10.7 Å². The van der Waals surface area contributed by atoms with Crippen molar-refractivity contribution >= 4 is 17.8 Å². The molecule has 2 heteroatoms. The predicted octanol–water partition coefficient (Wildman–Crippen LogP) is 5.32. The lowest BCUT2D eigenvalue weighted by Gasteiger charge is -2.20. The Hall–Kier alpha value is -2.11. The fourth-order valence-electron chi connectivity index (χ4n) is 2.93. The van der Waals surface area contributed by atoms with E-state index in [9.17, 15) is 4.57 Å². The van der Waals surface area contributed by atoms with Gasteiger partial charge in [0.1, 0.15) is 7.14 Å². The van der Waals surface area contributed by atoms with Gasteiger partial charge in [0.25, 0.3) is 0 Å². The topological polar surface area (TPSA) is 17.1 Å². The summed E-state index contributed by atoms with van der Waals surface area (Å²) in [7, 11) is -2.68. The van der Waals surface area contributed by atoms with Gasteiger partial charge in [-0.1, -0.05) is 98.8 Å². The van der Waals surface area contributed by atoms with Gasteiger partial charge in [0.05, 0.1) is 0 Å². The zero-order valence-corrected chi connectivity index (χ0v) is 15.1. The Labute approximate surface area is 144 Å².